The van der Waals surface area contributed by atoms with Crippen molar-refractivity contribution >= 4 is 17.6 Å². The number of halogens is 2. The van der Waals surface area contributed by atoms with Crippen molar-refractivity contribution < 1.29 is 23.1 Å². The van der Waals surface area contributed by atoms with Crippen molar-refractivity contribution in [3.63, 3.8) is 0 Å². The van der Waals surface area contributed by atoms with Gasteiger partial charge in [-0.1, -0.05) is 24.3 Å². The minimum absolute atomic E-state index is 0.0336. The van der Waals surface area contributed by atoms with E-state index in [2.05, 4.69) is 20.7 Å². The highest BCUT2D eigenvalue weighted by Crippen LogP contribution is 2.35. The fourth-order valence-corrected chi connectivity index (χ4v) is 5.40. The minimum Gasteiger partial charge on any atom is -0.383 e. The Kier molecular flexibility index (Phi) is 9.49. The third-order valence-corrected chi connectivity index (χ3v) is 7.93. The number of nitrogens with one attached hydrogen (secondary N) is 2. The fraction of sp³-hybridized carbons (Fsp3) is 0.387. The second-order valence-corrected chi connectivity index (χ2v) is 11.0. The first kappa shape index (κ1) is 30.3. The largest absolute Gasteiger partial charge is 0.383 e. The summed E-state index contributed by atoms with van der Waals surface area (Å²) in [6.45, 7) is 5.41. The maximum Gasteiger partial charge on any atom is 0.317 e. The van der Waals surface area contributed by atoms with Gasteiger partial charge in [0.25, 0.3) is 0 Å². The molecule has 3 heterocycles. The molecule has 1 aromatic heterocycles. The number of amides is 2. The highest BCUT2D eigenvalue weighted by molar-refractivity contribution is 5.82. The summed E-state index contributed by atoms with van der Waals surface area (Å²) in [6.07, 6.45) is 6.29. The topological polar surface area (TPSA) is 118 Å². The lowest BCUT2D eigenvalue weighted by atomic mass is 9.98. The van der Waals surface area contributed by atoms with Gasteiger partial charge in [-0.25, -0.2) is 23.7 Å². The van der Waals surface area contributed by atoms with Crippen LogP contribution in [0.2, 0.25) is 0 Å². The third-order valence-electron chi connectivity index (χ3n) is 7.93. The molecule has 43 heavy (non-hydrogen) atoms. The molecule has 2 unspecified atom stereocenters. The molecular formula is C31H37F2N7O3. The Balaban J connectivity index is 0.000000188. The molecule has 1 aliphatic carbocycles. The first-order chi connectivity index (χ1) is 20.7. The normalized spacial score (nSPS) is 20.2. The van der Waals surface area contributed by atoms with Crippen molar-refractivity contribution in [3.8, 4) is 0 Å². The Morgan fingerprint density at radius 1 is 1.09 bits per heavy atom. The molecule has 2 aliphatic heterocycles. The second-order valence-electron chi connectivity index (χ2n) is 11.0. The van der Waals surface area contributed by atoms with Gasteiger partial charge in [0.15, 0.2) is 11.6 Å². The van der Waals surface area contributed by atoms with Gasteiger partial charge in [0.05, 0.1) is 24.5 Å². The SMILES string of the molecule is CC1=C(NC(N)=O)N(c2ccccc2)NC1c1cnn(C(=O)C2CC2)c1.COCCN1CCC(c2ccc(F)c(F)c2)C1. The van der Waals surface area contributed by atoms with Gasteiger partial charge in [-0.05, 0) is 74.1 Å². The van der Waals surface area contributed by atoms with Crippen LogP contribution in [0.1, 0.15) is 54.1 Å². The maximum absolute atomic E-state index is 13.1. The molecule has 3 aromatic rings. The van der Waals surface area contributed by atoms with Gasteiger partial charge >= 0.3 is 6.03 Å². The summed E-state index contributed by atoms with van der Waals surface area (Å²) in [5, 5.41) is 8.68. The first-order valence-electron chi connectivity index (χ1n) is 14.4. The van der Waals surface area contributed by atoms with Crippen molar-refractivity contribution in [3.05, 3.63) is 95.1 Å². The summed E-state index contributed by atoms with van der Waals surface area (Å²) in [7, 11) is 1.68. The van der Waals surface area contributed by atoms with Crippen LogP contribution in [0.25, 0.3) is 0 Å². The Labute approximate surface area is 249 Å². The predicted octanol–water partition coefficient (Wildman–Crippen LogP) is 4.30. The van der Waals surface area contributed by atoms with Gasteiger partial charge in [0.2, 0.25) is 5.91 Å². The highest BCUT2D eigenvalue weighted by Gasteiger charge is 2.35. The summed E-state index contributed by atoms with van der Waals surface area (Å²) < 4.78 is 32.4. The number of urea groups is 1. The number of aromatic nitrogens is 2. The number of hydrogen-bond donors (Lipinski definition) is 3. The van der Waals surface area contributed by atoms with Crippen LogP contribution >= 0.6 is 0 Å². The third kappa shape index (κ3) is 7.27. The molecule has 12 heteroatoms. The zero-order valence-electron chi connectivity index (χ0n) is 24.3. The maximum atomic E-state index is 13.1. The van der Waals surface area contributed by atoms with Crippen molar-refractivity contribution in [1.82, 2.24) is 25.4 Å². The number of ether oxygens (including phenoxy) is 1. The zero-order valence-corrected chi connectivity index (χ0v) is 24.3. The number of benzene rings is 2. The molecule has 2 fully saturated rings. The summed E-state index contributed by atoms with van der Waals surface area (Å²) in [4.78, 5) is 25.9. The number of carbonyl (C=O) groups excluding carboxylic acids is 2. The molecule has 0 bridgehead atoms. The van der Waals surface area contributed by atoms with E-state index >= 15 is 0 Å². The summed E-state index contributed by atoms with van der Waals surface area (Å²) in [5.41, 5.74) is 12.2. The number of hydrogen-bond acceptors (Lipinski definition) is 7. The molecule has 3 aliphatic rings. The molecule has 10 nitrogen and oxygen atoms in total. The van der Waals surface area contributed by atoms with E-state index in [1.165, 1.54) is 16.8 Å². The number of carbonyl (C=O) groups is 2. The average molecular weight is 594 g/mol. The molecule has 2 aromatic carbocycles. The lowest BCUT2D eigenvalue weighted by Gasteiger charge is -2.23. The van der Waals surface area contributed by atoms with Crippen molar-refractivity contribution in [2.45, 2.75) is 38.1 Å². The van der Waals surface area contributed by atoms with Crippen LogP contribution in [0.3, 0.4) is 0 Å². The number of likely N-dealkylation sites (tertiary alicyclic amines) is 1. The van der Waals surface area contributed by atoms with Gasteiger partial charge < -0.3 is 15.4 Å². The van der Waals surface area contributed by atoms with Gasteiger partial charge in [-0.3, -0.25) is 15.1 Å². The quantitative estimate of drug-likeness (QED) is 0.357. The Hall–Kier alpha value is -4.13. The van der Waals surface area contributed by atoms with Crippen LogP contribution in [0.15, 0.2) is 72.3 Å². The lowest BCUT2D eigenvalue weighted by molar-refractivity contribution is 0.0870. The van der Waals surface area contributed by atoms with E-state index in [-0.39, 0.29) is 17.9 Å². The molecule has 0 spiro atoms. The molecule has 228 valence electrons. The number of primary amides is 1. The van der Waals surface area contributed by atoms with Gasteiger partial charge in [0, 0.05) is 37.9 Å². The lowest BCUT2D eigenvalue weighted by Crippen LogP contribution is -2.41. The monoisotopic (exact) mass is 593 g/mol. The molecule has 0 radical (unpaired) electrons. The van der Waals surface area contributed by atoms with E-state index < -0.39 is 17.7 Å². The predicted molar refractivity (Wildman–Crippen MR) is 158 cm³/mol. The van der Waals surface area contributed by atoms with Crippen molar-refractivity contribution in [2.24, 2.45) is 11.7 Å². The zero-order chi connectivity index (χ0) is 30.5. The molecule has 4 N–H and O–H groups in total. The fourth-order valence-electron chi connectivity index (χ4n) is 5.40. The summed E-state index contributed by atoms with van der Waals surface area (Å²) >= 11 is 0. The molecule has 6 rings (SSSR count). The summed E-state index contributed by atoms with van der Waals surface area (Å²) in [5.74, 6) is -0.507. The number of methoxy groups -OCH3 is 1. The Morgan fingerprint density at radius 3 is 2.53 bits per heavy atom. The van der Waals surface area contributed by atoms with Crippen LogP contribution in [0, 0.1) is 17.6 Å². The van der Waals surface area contributed by atoms with E-state index in [1.54, 1.807) is 30.6 Å². The van der Waals surface area contributed by atoms with Crippen LogP contribution in [-0.4, -0.2) is 60.0 Å². The number of para-hydroxylation sites is 1. The number of nitrogens with two attached hydrogens (primary N) is 1. The number of rotatable bonds is 8. The Morgan fingerprint density at radius 2 is 1.86 bits per heavy atom. The van der Waals surface area contributed by atoms with Crippen molar-refractivity contribution in [1.29, 1.82) is 0 Å². The summed E-state index contributed by atoms with van der Waals surface area (Å²) in [6, 6.07) is 12.9. The smallest absolute Gasteiger partial charge is 0.317 e. The first-order valence-corrected chi connectivity index (χ1v) is 14.4. The van der Waals surface area contributed by atoms with Gasteiger partial charge in [0.1, 0.15) is 5.82 Å². The van der Waals surface area contributed by atoms with E-state index in [9.17, 15) is 18.4 Å². The average Bonchev–Trinajstić information content (AvgIpc) is 3.40. The van der Waals surface area contributed by atoms with E-state index in [0.717, 1.165) is 61.3 Å². The molecule has 2 amide bonds. The standard InChI is InChI=1S/C18H20N6O2.C13H17F2NO/c1-11-15(13-9-20-23(10-13)17(25)12-7-8-12)22-24(16(11)21-18(19)26)14-5-3-2-4-6-14;1-17-7-6-16-5-4-11(9-16)10-2-3-12(14)13(15)8-10/h2-6,9-10,12,15,22H,7-8H2,1H3,(H3,19,21,26);2-3,8,11H,4-7,9H2,1H3. The number of anilines is 1. The molecular weight excluding hydrogens is 556 g/mol. The van der Waals surface area contributed by atoms with E-state index in [4.69, 9.17) is 10.5 Å². The van der Waals surface area contributed by atoms with Crippen LogP contribution in [-0.2, 0) is 4.74 Å². The number of nitrogens with zero attached hydrogens (tertiary/aromatic N) is 4. The van der Waals surface area contributed by atoms with E-state index in [0.29, 0.717) is 18.3 Å². The van der Waals surface area contributed by atoms with Crippen LogP contribution in [0.4, 0.5) is 19.3 Å². The molecule has 1 saturated heterocycles. The van der Waals surface area contributed by atoms with E-state index in [1.807, 2.05) is 37.3 Å². The highest BCUT2D eigenvalue weighted by atomic mass is 19.2. The molecule has 1 saturated carbocycles. The molecule has 2 atom stereocenters. The van der Waals surface area contributed by atoms with Crippen molar-refractivity contribution in [2.75, 3.05) is 38.4 Å². The second kappa shape index (κ2) is 13.4. The van der Waals surface area contributed by atoms with Gasteiger partial charge in [-0.2, -0.15) is 5.10 Å². The Bertz CT molecular complexity index is 1480. The van der Waals surface area contributed by atoms with Crippen LogP contribution in [0.5, 0.6) is 0 Å². The minimum atomic E-state index is -0.775. The van der Waals surface area contributed by atoms with Crippen LogP contribution < -0.4 is 21.5 Å². The van der Waals surface area contributed by atoms with Gasteiger partial charge in [-0.15, -0.1) is 0 Å². The number of hydrazine groups is 1.